The van der Waals surface area contributed by atoms with E-state index in [1.165, 1.54) is 18.2 Å². The number of rotatable bonds is 8. The van der Waals surface area contributed by atoms with Crippen LogP contribution in [0.2, 0.25) is 0 Å². The summed E-state index contributed by atoms with van der Waals surface area (Å²) >= 11 is 6.39. The van der Waals surface area contributed by atoms with Crippen LogP contribution in [0.15, 0.2) is 40.8 Å². The second-order valence-corrected chi connectivity index (χ2v) is 7.46. The molecule has 25 heavy (non-hydrogen) atoms. The van der Waals surface area contributed by atoms with Crippen molar-refractivity contribution in [1.82, 2.24) is 5.32 Å². The predicted octanol–water partition coefficient (Wildman–Crippen LogP) is 4.77. The number of unbranched alkanes of at least 4 members (excludes halogenated alkanes) is 3. The lowest BCUT2D eigenvalue weighted by Gasteiger charge is -2.05. The molecule has 0 spiro atoms. The Labute approximate surface area is 157 Å². The number of carboxylic acid groups (broad SMARTS) is 1. The van der Waals surface area contributed by atoms with E-state index in [0.717, 1.165) is 36.8 Å². The quantitative estimate of drug-likeness (QED) is 0.389. The number of hydrogen-bond donors (Lipinski definition) is 2. The zero-order chi connectivity index (χ0) is 18.2. The van der Waals surface area contributed by atoms with Crippen LogP contribution < -0.4 is 5.32 Å². The molecule has 0 radical (unpaired) electrons. The first-order valence-corrected chi connectivity index (χ1v) is 9.51. The zero-order valence-corrected chi connectivity index (χ0v) is 15.7. The fourth-order valence-corrected chi connectivity index (χ4v) is 3.59. The van der Waals surface area contributed by atoms with Gasteiger partial charge in [-0.15, -0.1) is 0 Å². The summed E-state index contributed by atoms with van der Waals surface area (Å²) in [5, 5.41) is 11.6. The van der Waals surface area contributed by atoms with Gasteiger partial charge in [0.15, 0.2) is 0 Å². The van der Waals surface area contributed by atoms with Crippen molar-refractivity contribution in [2.75, 3.05) is 0 Å². The van der Waals surface area contributed by atoms with E-state index >= 15 is 0 Å². The lowest BCUT2D eigenvalue weighted by molar-refractivity contribution is -0.115. The van der Waals surface area contributed by atoms with Crippen molar-refractivity contribution in [3.63, 3.8) is 0 Å². The summed E-state index contributed by atoms with van der Waals surface area (Å²) in [5.74, 6) is -1.08. The molecule has 2 N–H and O–H groups in total. The van der Waals surface area contributed by atoms with Crippen molar-refractivity contribution in [3.05, 3.63) is 51.9 Å². The molecule has 1 heterocycles. The summed E-state index contributed by atoms with van der Waals surface area (Å²) in [6, 6.07) is 6.65. The number of allylic oxidation sites excluding steroid dienone is 2. The Kier molecular flexibility index (Phi) is 7.40. The lowest BCUT2D eigenvalue weighted by atomic mass is 10.0. The number of benzene rings is 1. The second kappa shape index (κ2) is 9.53. The first kappa shape index (κ1) is 19.4. The molecule has 2 rings (SSSR count). The molecule has 0 aliphatic carbocycles. The third-order valence-corrected chi connectivity index (χ3v) is 5.13. The minimum Gasteiger partial charge on any atom is -0.478 e. The van der Waals surface area contributed by atoms with E-state index in [0.29, 0.717) is 9.23 Å². The van der Waals surface area contributed by atoms with Gasteiger partial charge < -0.3 is 10.4 Å². The van der Waals surface area contributed by atoms with E-state index in [1.54, 1.807) is 24.3 Å². The summed E-state index contributed by atoms with van der Waals surface area (Å²) < 4.78 is 0.491. The average Bonchev–Trinajstić information content (AvgIpc) is 2.93. The molecule has 0 bridgehead atoms. The molecule has 6 heteroatoms. The summed E-state index contributed by atoms with van der Waals surface area (Å²) in [6.45, 7) is 2.17. The predicted molar refractivity (Wildman–Crippen MR) is 107 cm³/mol. The fraction of sp³-hybridized carbons (Fsp3) is 0.316. The summed E-state index contributed by atoms with van der Waals surface area (Å²) in [6.07, 6.45) is 9.17. The molecule has 0 aromatic heterocycles. The Hall–Kier alpha value is -1.92. The number of thiocarbonyl (C=S) groups is 1. The smallest absolute Gasteiger partial charge is 0.335 e. The molecule has 1 aromatic rings. The van der Waals surface area contributed by atoms with E-state index in [1.807, 2.05) is 12.2 Å². The average molecular weight is 376 g/mol. The monoisotopic (exact) mass is 375 g/mol. The van der Waals surface area contributed by atoms with Crippen LogP contribution in [0.1, 0.15) is 54.9 Å². The third kappa shape index (κ3) is 5.83. The highest BCUT2D eigenvalue weighted by Gasteiger charge is 2.24. The lowest BCUT2D eigenvalue weighted by Crippen LogP contribution is -2.18. The van der Waals surface area contributed by atoms with Crippen molar-refractivity contribution in [1.29, 1.82) is 0 Å². The molecule has 4 nitrogen and oxygen atoms in total. The number of nitrogens with one attached hydrogen (secondary N) is 1. The van der Waals surface area contributed by atoms with Gasteiger partial charge in [-0.1, -0.05) is 74.5 Å². The number of amides is 1. The van der Waals surface area contributed by atoms with Crippen molar-refractivity contribution in [3.8, 4) is 0 Å². The highest BCUT2D eigenvalue weighted by molar-refractivity contribution is 8.26. The van der Waals surface area contributed by atoms with Crippen molar-refractivity contribution in [2.45, 2.75) is 39.0 Å². The van der Waals surface area contributed by atoms with Gasteiger partial charge in [-0.05, 0) is 36.1 Å². The normalized spacial score (nSPS) is 16.4. The Balaban J connectivity index is 2.17. The molecular formula is C19H21NO3S2. The van der Waals surface area contributed by atoms with Crippen molar-refractivity contribution < 1.29 is 14.7 Å². The molecular weight excluding hydrogens is 354 g/mol. The Morgan fingerprint density at radius 3 is 2.52 bits per heavy atom. The standard InChI is InChI=1S/C19H21NO3S2/c1-2-3-4-5-6-14(16-17(21)20-19(24)25-16)10-7-13-8-11-15(12-9-13)18(22)23/h7-12H,2-6H2,1H3,(H,22,23)(H,20,21,24)/b10-7+,16-14+. The number of hydrogen-bond acceptors (Lipinski definition) is 4. The fourth-order valence-electron chi connectivity index (χ4n) is 2.47. The number of carbonyl (C=O) groups excluding carboxylic acids is 1. The highest BCUT2D eigenvalue weighted by Crippen LogP contribution is 2.30. The minimum absolute atomic E-state index is 0.133. The summed E-state index contributed by atoms with van der Waals surface area (Å²) in [7, 11) is 0. The molecule has 1 amide bonds. The largest absolute Gasteiger partial charge is 0.478 e. The van der Waals surface area contributed by atoms with Gasteiger partial charge in [-0.25, -0.2) is 4.79 Å². The van der Waals surface area contributed by atoms with Gasteiger partial charge in [0.2, 0.25) is 0 Å². The first-order valence-electron chi connectivity index (χ1n) is 8.29. The van der Waals surface area contributed by atoms with E-state index < -0.39 is 5.97 Å². The summed E-state index contributed by atoms with van der Waals surface area (Å²) in [4.78, 5) is 23.6. The second-order valence-electron chi connectivity index (χ2n) is 5.77. The van der Waals surface area contributed by atoms with E-state index in [4.69, 9.17) is 17.3 Å². The molecule has 1 aliphatic rings. The Morgan fingerprint density at radius 1 is 1.24 bits per heavy atom. The van der Waals surface area contributed by atoms with E-state index in [-0.39, 0.29) is 11.5 Å². The van der Waals surface area contributed by atoms with Crippen LogP contribution in [-0.2, 0) is 4.79 Å². The van der Waals surface area contributed by atoms with Gasteiger partial charge in [0.05, 0.1) is 10.5 Å². The molecule has 1 aliphatic heterocycles. The number of carboxylic acids is 1. The maximum Gasteiger partial charge on any atom is 0.335 e. The van der Waals surface area contributed by atoms with Crippen LogP contribution in [0.5, 0.6) is 0 Å². The van der Waals surface area contributed by atoms with Gasteiger partial charge in [-0.2, -0.15) is 0 Å². The molecule has 0 atom stereocenters. The number of carbonyl (C=O) groups is 2. The van der Waals surface area contributed by atoms with Crippen LogP contribution in [0.25, 0.3) is 6.08 Å². The topological polar surface area (TPSA) is 66.4 Å². The van der Waals surface area contributed by atoms with Gasteiger partial charge in [0.1, 0.15) is 4.32 Å². The van der Waals surface area contributed by atoms with Crippen LogP contribution >= 0.6 is 24.0 Å². The molecule has 1 fully saturated rings. The molecule has 0 saturated carbocycles. The Morgan fingerprint density at radius 2 is 1.96 bits per heavy atom. The SMILES string of the molecule is CCCCCCC(/C=C/c1ccc(C(=O)O)cc1)=C1\SC(=S)NC1=O. The number of thioether (sulfide) groups is 1. The highest BCUT2D eigenvalue weighted by atomic mass is 32.2. The Bertz CT molecular complexity index is 721. The maximum absolute atomic E-state index is 12.1. The molecule has 1 saturated heterocycles. The van der Waals surface area contributed by atoms with E-state index in [9.17, 15) is 9.59 Å². The number of aromatic carboxylic acids is 1. The van der Waals surface area contributed by atoms with Gasteiger partial charge in [0, 0.05) is 0 Å². The van der Waals surface area contributed by atoms with Crippen molar-refractivity contribution in [2.24, 2.45) is 0 Å². The van der Waals surface area contributed by atoms with Gasteiger partial charge in [-0.3, -0.25) is 4.79 Å². The van der Waals surface area contributed by atoms with Gasteiger partial charge in [0.25, 0.3) is 5.91 Å². The van der Waals surface area contributed by atoms with Crippen molar-refractivity contribution >= 4 is 46.3 Å². The van der Waals surface area contributed by atoms with Crippen LogP contribution in [0, 0.1) is 0 Å². The molecule has 0 unspecified atom stereocenters. The summed E-state index contributed by atoms with van der Waals surface area (Å²) in [5.41, 5.74) is 2.12. The first-order chi connectivity index (χ1) is 12.0. The maximum atomic E-state index is 12.1. The van der Waals surface area contributed by atoms with Crippen LogP contribution in [-0.4, -0.2) is 21.3 Å². The molecule has 1 aromatic carbocycles. The molecule has 132 valence electrons. The zero-order valence-electron chi connectivity index (χ0n) is 14.1. The minimum atomic E-state index is -0.943. The van der Waals surface area contributed by atoms with Crippen LogP contribution in [0.4, 0.5) is 0 Å². The van der Waals surface area contributed by atoms with E-state index in [2.05, 4.69) is 12.2 Å². The van der Waals surface area contributed by atoms with Gasteiger partial charge >= 0.3 is 5.97 Å². The third-order valence-electron chi connectivity index (χ3n) is 3.84. The van der Waals surface area contributed by atoms with Crippen LogP contribution in [0.3, 0.4) is 0 Å².